The number of ether oxygens (including phenoxy) is 3. The van der Waals surface area contributed by atoms with Gasteiger partial charge in [-0.25, -0.2) is 9.18 Å². The van der Waals surface area contributed by atoms with Crippen LogP contribution in [0.5, 0.6) is 5.75 Å². The summed E-state index contributed by atoms with van der Waals surface area (Å²) in [6.45, 7) is 5.80. The highest BCUT2D eigenvalue weighted by Gasteiger charge is 2.33. The van der Waals surface area contributed by atoms with E-state index in [0.29, 0.717) is 19.8 Å². The maximum Gasteiger partial charge on any atom is 0.338 e. The quantitative estimate of drug-likeness (QED) is 0.551. The van der Waals surface area contributed by atoms with Gasteiger partial charge < -0.3 is 14.2 Å². The number of rotatable bonds is 6. The Morgan fingerprint density at radius 3 is 2.71 bits per heavy atom. The summed E-state index contributed by atoms with van der Waals surface area (Å²) in [7, 11) is 0. The molecule has 6 heteroatoms. The summed E-state index contributed by atoms with van der Waals surface area (Å²) in [6.07, 6.45) is 4.66. The average Bonchev–Trinajstić information content (AvgIpc) is 2.71. The van der Waals surface area contributed by atoms with Gasteiger partial charge in [0.15, 0.2) is 17.2 Å². The van der Waals surface area contributed by atoms with Crippen LogP contribution in [0.4, 0.5) is 4.39 Å². The van der Waals surface area contributed by atoms with Crippen LogP contribution in [0.1, 0.15) is 49.4 Å². The van der Waals surface area contributed by atoms with Gasteiger partial charge in [-0.2, -0.15) is 0 Å². The molecule has 0 bridgehead atoms. The summed E-state index contributed by atoms with van der Waals surface area (Å²) in [5.41, 5.74) is -0.388. The highest BCUT2D eigenvalue weighted by atomic mass is 19.1. The minimum Gasteiger partial charge on any atom is -0.471 e. The first-order valence-electron chi connectivity index (χ1n) is 10.0. The van der Waals surface area contributed by atoms with Gasteiger partial charge in [0.1, 0.15) is 6.61 Å². The van der Waals surface area contributed by atoms with Crippen LogP contribution in [-0.4, -0.2) is 55.9 Å². The van der Waals surface area contributed by atoms with Crippen LogP contribution in [0.3, 0.4) is 0 Å². The van der Waals surface area contributed by atoms with Gasteiger partial charge in [0.2, 0.25) is 0 Å². The summed E-state index contributed by atoms with van der Waals surface area (Å²) < 4.78 is 31.0. The number of halogens is 1. The molecular formula is C22H28FNO4. The van der Waals surface area contributed by atoms with Crippen LogP contribution in [0.15, 0.2) is 18.2 Å². The third-order valence-electron chi connectivity index (χ3n) is 5.23. The van der Waals surface area contributed by atoms with Gasteiger partial charge >= 0.3 is 5.97 Å². The van der Waals surface area contributed by atoms with E-state index in [0.717, 1.165) is 45.2 Å². The Hall–Kier alpha value is -2.10. The maximum absolute atomic E-state index is 14.3. The van der Waals surface area contributed by atoms with Gasteiger partial charge in [-0.1, -0.05) is 12.3 Å². The fourth-order valence-corrected chi connectivity index (χ4v) is 3.70. The minimum absolute atomic E-state index is 0.0623. The first kappa shape index (κ1) is 20.6. The Kier molecular flexibility index (Phi) is 7.30. The van der Waals surface area contributed by atoms with Gasteiger partial charge in [-0.05, 0) is 50.8 Å². The summed E-state index contributed by atoms with van der Waals surface area (Å²) in [6, 6.07) is 4.11. The van der Waals surface area contributed by atoms with Gasteiger partial charge in [0, 0.05) is 19.6 Å². The van der Waals surface area contributed by atoms with Crippen molar-refractivity contribution in [1.29, 1.82) is 0 Å². The predicted octanol–water partition coefficient (Wildman–Crippen LogP) is 3.42. The molecule has 1 aromatic rings. The van der Waals surface area contributed by atoms with Crippen molar-refractivity contribution in [2.45, 2.75) is 44.6 Å². The molecule has 1 saturated carbocycles. The monoisotopic (exact) mass is 389 g/mol. The molecule has 1 saturated heterocycles. The van der Waals surface area contributed by atoms with E-state index in [4.69, 9.17) is 14.2 Å². The Bertz CT molecular complexity index is 728. The van der Waals surface area contributed by atoms with E-state index in [-0.39, 0.29) is 17.9 Å². The molecule has 5 nitrogen and oxygen atoms in total. The van der Waals surface area contributed by atoms with Crippen molar-refractivity contribution in [3.05, 3.63) is 29.6 Å². The first-order chi connectivity index (χ1) is 13.6. The molecule has 0 atom stereocenters. The van der Waals surface area contributed by atoms with Gasteiger partial charge in [0.25, 0.3) is 0 Å². The lowest BCUT2D eigenvalue weighted by Gasteiger charge is -2.33. The highest BCUT2D eigenvalue weighted by molar-refractivity contribution is 5.89. The number of benzene rings is 1. The lowest BCUT2D eigenvalue weighted by atomic mass is 9.85. The number of morpholine rings is 1. The molecule has 0 N–H and O–H groups in total. The topological polar surface area (TPSA) is 48.0 Å². The number of carbonyl (C=O) groups excluding carboxylic acids is 1. The molecule has 0 unspecified atom stereocenters. The molecule has 1 heterocycles. The second-order valence-electron chi connectivity index (χ2n) is 7.27. The third kappa shape index (κ3) is 5.46. The number of hydrogen-bond donors (Lipinski definition) is 0. The Balaban J connectivity index is 1.62. The SMILES string of the molecule is CC#CC1(Oc2cc(C(=O)OCCN3CCOCC3)ccc2F)CCCCC1. The first-order valence-corrected chi connectivity index (χ1v) is 10.0. The van der Waals surface area contributed by atoms with Crippen LogP contribution >= 0.6 is 0 Å². The number of nitrogens with zero attached hydrogens (tertiary/aromatic N) is 1. The van der Waals surface area contributed by atoms with Crippen LogP contribution < -0.4 is 4.74 Å². The molecule has 152 valence electrons. The molecule has 2 fully saturated rings. The zero-order valence-corrected chi connectivity index (χ0v) is 16.5. The van der Waals surface area contributed by atoms with Crippen LogP contribution in [0.25, 0.3) is 0 Å². The molecule has 0 aromatic heterocycles. The maximum atomic E-state index is 14.3. The molecular weight excluding hydrogens is 361 g/mol. The van der Waals surface area contributed by atoms with Crippen molar-refractivity contribution in [2.75, 3.05) is 39.5 Å². The standard InChI is InChI=1S/C22H28FNO4/c1-2-8-22(9-4-3-5-10-22)28-20-17-18(6-7-19(20)23)21(25)27-16-13-24-11-14-26-15-12-24/h6-7,17H,3-5,9-16H2,1H3. The van der Waals surface area contributed by atoms with Crippen LogP contribution in [0.2, 0.25) is 0 Å². The van der Waals surface area contributed by atoms with Crippen molar-refractivity contribution in [3.63, 3.8) is 0 Å². The molecule has 0 radical (unpaired) electrons. The molecule has 3 rings (SSSR count). The van der Waals surface area contributed by atoms with Crippen molar-refractivity contribution in [3.8, 4) is 17.6 Å². The normalized spacial score (nSPS) is 19.4. The summed E-state index contributed by atoms with van der Waals surface area (Å²) in [5, 5.41) is 0. The average molecular weight is 389 g/mol. The Morgan fingerprint density at radius 1 is 1.25 bits per heavy atom. The molecule has 2 aliphatic rings. The van der Waals surface area contributed by atoms with Gasteiger partial charge in [-0.15, -0.1) is 5.92 Å². The molecule has 1 aliphatic carbocycles. The predicted molar refractivity (Wildman–Crippen MR) is 104 cm³/mol. The van der Waals surface area contributed by atoms with Gasteiger partial charge in [-0.3, -0.25) is 4.90 Å². The Morgan fingerprint density at radius 2 is 2.00 bits per heavy atom. The fourth-order valence-electron chi connectivity index (χ4n) is 3.70. The zero-order valence-electron chi connectivity index (χ0n) is 16.5. The van der Waals surface area contributed by atoms with Crippen LogP contribution in [-0.2, 0) is 9.47 Å². The van der Waals surface area contributed by atoms with Crippen molar-refractivity contribution >= 4 is 5.97 Å². The lowest BCUT2D eigenvalue weighted by molar-refractivity contribution is 0.0195. The minimum atomic E-state index is -0.674. The second-order valence-corrected chi connectivity index (χ2v) is 7.27. The Labute approximate surface area is 166 Å². The lowest BCUT2D eigenvalue weighted by Crippen LogP contribution is -2.38. The fraction of sp³-hybridized carbons (Fsp3) is 0.591. The molecule has 1 aromatic carbocycles. The third-order valence-corrected chi connectivity index (χ3v) is 5.23. The van der Waals surface area contributed by atoms with Crippen molar-refractivity contribution < 1.29 is 23.4 Å². The number of esters is 1. The van der Waals surface area contributed by atoms with E-state index in [1.54, 1.807) is 6.92 Å². The second kappa shape index (κ2) is 9.90. The molecule has 0 amide bonds. The molecule has 0 spiro atoms. The van der Waals surface area contributed by atoms with Crippen molar-refractivity contribution in [2.24, 2.45) is 0 Å². The highest BCUT2D eigenvalue weighted by Crippen LogP contribution is 2.34. The largest absolute Gasteiger partial charge is 0.471 e. The van der Waals surface area contributed by atoms with E-state index in [1.807, 2.05) is 0 Å². The van der Waals surface area contributed by atoms with E-state index in [9.17, 15) is 9.18 Å². The van der Waals surface area contributed by atoms with Crippen LogP contribution in [0, 0.1) is 17.7 Å². The number of carbonyl (C=O) groups is 1. The number of hydrogen-bond acceptors (Lipinski definition) is 5. The van der Waals surface area contributed by atoms with E-state index in [1.165, 1.54) is 18.2 Å². The summed E-state index contributed by atoms with van der Waals surface area (Å²) in [5.74, 6) is 5.13. The summed E-state index contributed by atoms with van der Waals surface area (Å²) in [4.78, 5) is 14.6. The molecule has 1 aliphatic heterocycles. The van der Waals surface area contributed by atoms with E-state index >= 15 is 0 Å². The van der Waals surface area contributed by atoms with E-state index in [2.05, 4.69) is 16.7 Å². The zero-order chi connectivity index (χ0) is 19.8. The van der Waals surface area contributed by atoms with Gasteiger partial charge in [0.05, 0.1) is 18.8 Å². The summed E-state index contributed by atoms with van der Waals surface area (Å²) >= 11 is 0. The van der Waals surface area contributed by atoms with Crippen molar-refractivity contribution in [1.82, 2.24) is 4.90 Å². The molecule has 28 heavy (non-hydrogen) atoms. The smallest absolute Gasteiger partial charge is 0.338 e. The van der Waals surface area contributed by atoms with E-state index < -0.39 is 17.4 Å².